The maximum Gasteiger partial charge on any atom is 0.328 e. The molecule has 2 rings (SSSR count). The van der Waals surface area contributed by atoms with E-state index in [4.69, 9.17) is 0 Å². The first-order chi connectivity index (χ1) is 8.13. The van der Waals surface area contributed by atoms with Gasteiger partial charge in [-0.05, 0) is 0 Å². The van der Waals surface area contributed by atoms with Crippen LogP contribution in [-0.2, 0) is 9.53 Å². The molecule has 0 radical (unpaired) electrons. The summed E-state index contributed by atoms with van der Waals surface area (Å²) in [5.41, 5.74) is 1.55. The number of hydrogen-bond donors (Lipinski definition) is 1. The standard InChI is InChI=1S/C10H12N2O4S/c1-16-10(15)7-2-6(13)4-12(7)9(14)8-3-11-5-17-8/h3,5-7,13H,2,4H2,1H3. The zero-order valence-corrected chi connectivity index (χ0v) is 10.0. The summed E-state index contributed by atoms with van der Waals surface area (Å²) in [6.07, 6.45) is 0.986. The van der Waals surface area contributed by atoms with E-state index in [1.54, 1.807) is 5.51 Å². The number of amides is 1. The number of carbonyl (C=O) groups excluding carboxylic acids is 2. The van der Waals surface area contributed by atoms with E-state index in [9.17, 15) is 14.7 Å². The molecule has 1 amide bonds. The monoisotopic (exact) mass is 256 g/mol. The highest BCUT2D eigenvalue weighted by Gasteiger charge is 2.40. The Labute approximate surface area is 102 Å². The van der Waals surface area contributed by atoms with Gasteiger partial charge in [0.15, 0.2) is 0 Å². The summed E-state index contributed by atoms with van der Waals surface area (Å²) in [4.78, 5) is 29.2. The van der Waals surface area contributed by atoms with Crippen molar-refractivity contribution in [1.82, 2.24) is 9.88 Å². The van der Waals surface area contributed by atoms with Crippen molar-refractivity contribution in [3.8, 4) is 0 Å². The fourth-order valence-corrected chi connectivity index (χ4v) is 2.44. The van der Waals surface area contributed by atoms with Gasteiger partial charge in [-0.2, -0.15) is 0 Å². The number of β-amino-alcohol motifs (C(OH)–C–C–N with tert-alkyl or cyclic N) is 1. The Balaban J connectivity index is 2.18. The second-order valence-electron chi connectivity index (χ2n) is 3.75. The normalized spacial score (nSPS) is 23.8. The Morgan fingerprint density at radius 2 is 2.41 bits per heavy atom. The summed E-state index contributed by atoms with van der Waals surface area (Å²) < 4.78 is 4.62. The lowest BCUT2D eigenvalue weighted by Gasteiger charge is -2.21. The van der Waals surface area contributed by atoms with Gasteiger partial charge in [0.2, 0.25) is 0 Å². The number of aliphatic hydroxyl groups excluding tert-OH is 1. The molecule has 1 saturated heterocycles. The number of aromatic nitrogens is 1. The van der Waals surface area contributed by atoms with Crippen LogP contribution < -0.4 is 0 Å². The smallest absolute Gasteiger partial charge is 0.328 e. The van der Waals surface area contributed by atoms with E-state index in [0.717, 1.165) is 0 Å². The second-order valence-corrected chi connectivity index (χ2v) is 4.64. The minimum absolute atomic E-state index is 0.149. The molecule has 2 unspecified atom stereocenters. The molecule has 92 valence electrons. The van der Waals surface area contributed by atoms with Crippen LogP contribution in [-0.4, -0.2) is 52.7 Å². The zero-order valence-electron chi connectivity index (χ0n) is 9.20. The minimum Gasteiger partial charge on any atom is -0.467 e. The number of nitrogens with zero attached hydrogens (tertiary/aromatic N) is 2. The molecule has 2 atom stereocenters. The van der Waals surface area contributed by atoms with Crippen LogP contribution >= 0.6 is 11.3 Å². The Bertz CT molecular complexity index is 420. The molecule has 0 spiro atoms. The average molecular weight is 256 g/mol. The van der Waals surface area contributed by atoms with Crippen molar-refractivity contribution in [2.45, 2.75) is 18.6 Å². The van der Waals surface area contributed by atoms with Gasteiger partial charge in [0, 0.05) is 13.0 Å². The van der Waals surface area contributed by atoms with Gasteiger partial charge in [0.05, 0.1) is 24.9 Å². The van der Waals surface area contributed by atoms with Gasteiger partial charge < -0.3 is 14.7 Å². The van der Waals surface area contributed by atoms with E-state index in [2.05, 4.69) is 9.72 Å². The number of aliphatic hydroxyl groups is 1. The molecule has 2 heterocycles. The van der Waals surface area contributed by atoms with Gasteiger partial charge in [-0.15, -0.1) is 11.3 Å². The molecule has 1 aliphatic rings. The molecule has 1 N–H and O–H groups in total. The van der Waals surface area contributed by atoms with Gasteiger partial charge in [-0.25, -0.2) is 4.79 Å². The number of rotatable bonds is 2. The number of likely N-dealkylation sites (tertiary alicyclic amines) is 1. The first-order valence-corrected chi connectivity index (χ1v) is 5.96. The number of ether oxygens (including phenoxy) is 1. The maximum absolute atomic E-state index is 12.1. The van der Waals surface area contributed by atoms with Gasteiger partial charge in [-0.3, -0.25) is 9.78 Å². The van der Waals surface area contributed by atoms with E-state index >= 15 is 0 Å². The molecule has 1 aromatic heterocycles. The second kappa shape index (κ2) is 4.80. The van der Waals surface area contributed by atoms with Crippen molar-refractivity contribution in [3.05, 3.63) is 16.6 Å². The lowest BCUT2D eigenvalue weighted by Crippen LogP contribution is -2.40. The molecule has 0 bridgehead atoms. The van der Waals surface area contributed by atoms with Crippen molar-refractivity contribution < 1.29 is 19.4 Å². The quantitative estimate of drug-likeness (QED) is 0.747. The lowest BCUT2D eigenvalue weighted by atomic mass is 10.2. The molecule has 7 heteroatoms. The third-order valence-corrected chi connectivity index (χ3v) is 3.42. The van der Waals surface area contributed by atoms with E-state index in [1.165, 1.54) is 29.5 Å². The van der Waals surface area contributed by atoms with Crippen LogP contribution in [0.4, 0.5) is 0 Å². The van der Waals surface area contributed by atoms with Crippen LogP contribution in [0.2, 0.25) is 0 Å². The summed E-state index contributed by atoms with van der Waals surface area (Å²) >= 11 is 1.20. The summed E-state index contributed by atoms with van der Waals surface area (Å²) in [6, 6.07) is -0.704. The van der Waals surface area contributed by atoms with Crippen molar-refractivity contribution in [2.24, 2.45) is 0 Å². The van der Waals surface area contributed by atoms with E-state index in [-0.39, 0.29) is 18.9 Å². The van der Waals surface area contributed by atoms with Gasteiger partial charge in [0.1, 0.15) is 10.9 Å². The van der Waals surface area contributed by atoms with Crippen molar-refractivity contribution in [1.29, 1.82) is 0 Å². The molecular formula is C10H12N2O4S. The lowest BCUT2D eigenvalue weighted by molar-refractivity contribution is -0.145. The summed E-state index contributed by atoms with van der Waals surface area (Å²) in [5.74, 6) is -0.793. The first kappa shape index (κ1) is 12.0. The highest BCUT2D eigenvalue weighted by molar-refractivity contribution is 7.11. The topological polar surface area (TPSA) is 79.7 Å². The molecule has 0 saturated carbocycles. The van der Waals surface area contributed by atoms with Crippen LogP contribution in [0.1, 0.15) is 16.1 Å². The van der Waals surface area contributed by atoms with E-state index < -0.39 is 18.1 Å². The third kappa shape index (κ3) is 2.29. The molecule has 0 aliphatic carbocycles. The van der Waals surface area contributed by atoms with Crippen LogP contribution in [0.3, 0.4) is 0 Å². The number of methoxy groups -OCH3 is 1. The van der Waals surface area contributed by atoms with Crippen LogP contribution in [0.5, 0.6) is 0 Å². The predicted octanol–water partition coefficient (Wildman–Crippen LogP) is -0.109. The third-order valence-electron chi connectivity index (χ3n) is 2.66. The number of esters is 1. The Hall–Kier alpha value is -1.47. The van der Waals surface area contributed by atoms with E-state index in [0.29, 0.717) is 4.88 Å². The molecule has 17 heavy (non-hydrogen) atoms. The molecule has 0 aromatic carbocycles. The van der Waals surface area contributed by atoms with Crippen molar-refractivity contribution in [2.75, 3.05) is 13.7 Å². The Morgan fingerprint density at radius 3 is 3.00 bits per heavy atom. The molecule has 1 aliphatic heterocycles. The fraction of sp³-hybridized carbons (Fsp3) is 0.500. The van der Waals surface area contributed by atoms with Crippen molar-refractivity contribution >= 4 is 23.2 Å². The van der Waals surface area contributed by atoms with Crippen molar-refractivity contribution in [3.63, 3.8) is 0 Å². The predicted molar refractivity (Wildman–Crippen MR) is 59.6 cm³/mol. The van der Waals surface area contributed by atoms with Gasteiger partial charge >= 0.3 is 5.97 Å². The molecule has 6 nitrogen and oxygen atoms in total. The maximum atomic E-state index is 12.1. The largest absolute Gasteiger partial charge is 0.467 e. The fourth-order valence-electron chi connectivity index (χ4n) is 1.86. The number of thiazole rings is 1. The minimum atomic E-state index is -0.704. The van der Waals surface area contributed by atoms with Gasteiger partial charge in [-0.1, -0.05) is 0 Å². The number of hydrogen-bond acceptors (Lipinski definition) is 6. The average Bonchev–Trinajstić information content (AvgIpc) is 2.95. The van der Waals surface area contributed by atoms with Crippen LogP contribution in [0, 0.1) is 0 Å². The zero-order chi connectivity index (χ0) is 12.4. The highest BCUT2D eigenvalue weighted by atomic mass is 32.1. The first-order valence-electron chi connectivity index (χ1n) is 5.09. The van der Waals surface area contributed by atoms with Crippen LogP contribution in [0.15, 0.2) is 11.7 Å². The Kier molecular flexibility index (Phi) is 3.39. The van der Waals surface area contributed by atoms with Crippen LogP contribution in [0.25, 0.3) is 0 Å². The highest BCUT2D eigenvalue weighted by Crippen LogP contribution is 2.22. The molecule has 1 fully saturated rings. The summed E-state index contributed by atoms with van der Waals surface area (Å²) in [5, 5.41) is 9.55. The Morgan fingerprint density at radius 1 is 1.65 bits per heavy atom. The summed E-state index contributed by atoms with van der Waals surface area (Å²) in [6.45, 7) is 0.149. The van der Waals surface area contributed by atoms with E-state index in [1.807, 2.05) is 0 Å². The molecule has 1 aromatic rings. The summed E-state index contributed by atoms with van der Waals surface area (Å²) in [7, 11) is 1.27. The number of carbonyl (C=O) groups is 2. The molecular weight excluding hydrogens is 244 g/mol. The SMILES string of the molecule is COC(=O)C1CC(O)CN1C(=O)c1cncs1. The van der Waals surface area contributed by atoms with Gasteiger partial charge in [0.25, 0.3) is 5.91 Å².